The summed E-state index contributed by atoms with van der Waals surface area (Å²) in [6, 6.07) is 21.5. The van der Waals surface area contributed by atoms with E-state index in [1.807, 2.05) is 0 Å². The molecule has 2 aromatic rings. The zero-order valence-electron chi connectivity index (χ0n) is 11.0. The predicted molar refractivity (Wildman–Crippen MR) is 83.5 cm³/mol. The monoisotopic (exact) mass is 271 g/mol. The topological polar surface area (TPSA) is 12.4 Å². The molecule has 0 aromatic heterocycles. The highest BCUT2D eigenvalue weighted by Gasteiger charge is 2.39. The molecule has 2 aromatic carbocycles. The van der Waals surface area contributed by atoms with Crippen molar-refractivity contribution in [3.05, 3.63) is 71.8 Å². The van der Waals surface area contributed by atoms with Gasteiger partial charge in [-0.1, -0.05) is 60.7 Å². The molecule has 0 fully saturated rings. The van der Waals surface area contributed by atoms with Gasteiger partial charge in [-0.05, 0) is 24.5 Å². The number of nitrogens with zero attached hydrogens (tertiary/aromatic N) is 1. The van der Waals surface area contributed by atoms with Gasteiger partial charge in [0.2, 0.25) is 0 Å². The molecular weight excluding hydrogens is 254 g/mol. The Balaban J connectivity index is 0.00000133. The van der Waals surface area contributed by atoms with Gasteiger partial charge in [0.15, 0.2) is 0 Å². The van der Waals surface area contributed by atoms with Gasteiger partial charge in [0.05, 0.1) is 5.41 Å². The maximum absolute atomic E-state index is 4.66. The van der Waals surface area contributed by atoms with Crippen molar-refractivity contribution in [3.8, 4) is 0 Å². The minimum Gasteiger partial charge on any atom is -0.293 e. The Labute approximate surface area is 120 Å². The minimum atomic E-state index is -0.0114. The Hall–Kier alpha value is -1.60. The Morgan fingerprint density at radius 3 is 1.68 bits per heavy atom. The van der Waals surface area contributed by atoms with Gasteiger partial charge >= 0.3 is 0 Å². The Morgan fingerprint density at radius 2 is 1.32 bits per heavy atom. The molecule has 3 rings (SSSR count). The number of rotatable bonds is 2. The molecule has 0 aliphatic carbocycles. The van der Waals surface area contributed by atoms with Crippen LogP contribution < -0.4 is 0 Å². The molecule has 1 heterocycles. The van der Waals surface area contributed by atoms with Gasteiger partial charge in [0.1, 0.15) is 0 Å². The number of benzene rings is 2. The van der Waals surface area contributed by atoms with Crippen molar-refractivity contribution in [2.24, 2.45) is 4.99 Å². The maximum atomic E-state index is 4.66. The summed E-state index contributed by atoms with van der Waals surface area (Å²) in [7, 11) is 0. The Kier molecular flexibility index (Phi) is 4.06. The van der Waals surface area contributed by atoms with Crippen LogP contribution in [-0.2, 0) is 5.41 Å². The second-order valence-electron chi connectivity index (χ2n) is 4.85. The van der Waals surface area contributed by atoms with Crippen molar-refractivity contribution >= 4 is 18.1 Å². The van der Waals surface area contributed by atoms with E-state index in [0.717, 1.165) is 13.0 Å². The summed E-state index contributed by atoms with van der Waals surface area (Å²) in [5.74, 6) is 0. The molecule has 0 amide bonds. The molecule has 19 heavy (non-hydrogen) atoms. The van der Waals surface area contributed by atoms with E-state index in [9.17, 15) is 0 Å². The van der Waals surface area contributed by atoms with Gasteiger partial charge < -0.3 is 0 Å². The molecule has 1 aliphatic heterocycles. The van der Waals surface area contributed by atoms with Crippen LogP contribution in [0.1, 0.15) is 24.5 Å². The van der Waals surface area contributed by atoms with Crippen molar-refractivity contribution in [2.45, 2.75) is 18.8 Å². The summed E-state index contributed by atoms with van der Waals surface area (Å²) >= 11 is 0. The van der Waals surface area contributed by atoms with E-state index >= 15 is 0 Å². The third-order valence-corrected chi connectivity index (χ3v) is 3.99. The van der Waals surface area contributed by atoms with E-state index in [1.165, 1.54) is 16.8 Å². The SMILES string of the molecule is CC1=NCCC1(c1ccccc1)c1ccccc1.Cl. The first kappa shape index (κ1) is 13.8. The Morgan fingerprint density at radius 1 is 0.842 bits per heavy atom. The highest BCUT2D eigenvalue weighted by molar-refractivity contribution is 5.97. The van der Waals surface area contributed by atoms with Crippen LogP contribution in [0.15, 0.2) is 65.7 Å². The van der Waals surface area contributed by atoms with Crippen LogP contribution in [-0.4, -0.2) is 12.3 Å². The molecule has 98 valence electrons. The fourth-order valence-electron chi connectivity index (χ4n) is 3.03. The number of hydrogen-bond donors (Lipinski definition) is 0. The molecule has 0 unspecified atom stereocenters. The van der Waals surface area contributed by atoms with E-state index < -0.39 is 0 Å². The van der Waals surface area contributed by atoms with Crippen molar-refractivity contribution in [1.82, 2.24) is 0 Å². The van der Waals surface area contributed by atoms with E-state index in [-0.39, 0.29) is 17.8 Å². The molecule has 0 saturated heterocycles. The van der Waals surface area contributed by atoms with Crippen molar-refractivity contribution in [3.63, 3.8) is 0 Å². The molecule has 0 radical (unpaired) electrons. The van der Waals surface area contributed by atoms with Gasteiger partial charge in [0, 0.05) is 12.3 Å². The lowest BCUT2D eigenvalue weighted by molar-refractivity contribution is 0.669. The van der Waals surface area contributed by atoms with Crippen LogP contribution in [0.4, 0.5) is 0 Å². The average molecular weight is 272 g/mol. The molecule has 2 heteroatoms. The first-order valence-electron chi connectivity index (χ1n) is 6.46. The summed E-state index contributed by atoms with van der Waals surface area (Å²) in [5.41, 5.74) is 3.94. The third kappa shape index (κ3) is 2.19. The predicted octanol–water partition coefficient (Wildman–Crippen LogP) is 4.26. The normalized spacial score (nSPS) is 16.6. The largest absolute Gasteiger partial charge is 0.293 e. The number of aliphatic imine (C=N–C) groups is 1. The van der Waals surface area contributed by atoms with E-state index in [2.05, 4.69) is 72.6 Å². The molecule has 0 N–H and O–H groups in total. The van der Waals surface area contributed by atoms with Gasteiger partial charge in [-0.3, -0.25) is 4.99 Å². The molecule has 0 atom stereocenters. The highest BCUT2D eigenvalue weighted by Crippen LogP contribution is 2.40. The Bertz CT molecular complexity index is 521. The molecular formula is C17H18ClN. The molecule has 0 saturated carbocycles. The van der Waals surface area contributed by atoms with Gasteiger partial charge in [-0.2, -0.15) is 0 Å². The van der Waals surface area contributed by atoms with Crippen LogP contribution in [0.2, 0.25) is 0 Å². The number of halogens is 1. The van der Waals surface area contributed by atoms with Gasteiger partial charge in [0.25, 0.3) is 0 Å². The number of hydrogen-bond acceptors (Lipinski definition) is 1. The standard InChI is InChI=1S/C17H17N.ClH/c1-14-17(12-13-18-14,15-8-4-2-5-9-15)16-10-6-3-7-11-16;/h2-11H,12-13H2,1H3;1H. The van der Waals surface area contributed by atoms with Crippen LogP contribution in [0.25, 0.3) is 0 Å². The van der Waals surface area contributed by atoms with Gasteiger partial charge in [-0.15, -0.1) is 12.4 Å². The van der Waals surface area contributed by atoms with Crippen LogP contribution in [0.3, 0.4) is 0 Å². The van der Waals surface area contributed by atoms with Gasteiger partial charge in [-0.25, -0.2) is 0 Å². The lowest BCUT2D eigenvalue weighted by Gasteiger charge is -2.31. The highest BCUT2D eigenvalue weighted by atomic mass is 35.5. The second-order valence-corrected chi connectivity index (χ2v) is 4.85. The summed E-state index contributed by atoms with van der Waals surface area (Å²) in [4.78, 5) is 4.66. The van der Waals surface area contributed by atoms with Crippen LogP contribution >= 0.6 is 12.4 Å². The van der Waals surface area contributed by atoms with Crippen molar-refractivity contribution in [2.75, 3.05) is 6.54 Å². The first-order valence-corrected chi connectivity index (χ1v) is 6.46. The smallest absolute Gasteiger partial charge is 0.0594 e. The molecule has 1 aliphatic rings. The van der Waals surface area contributed by atoms with E-state index in [0.29, 0.717) is 0 Å². The van der Waals surface area contributed by atoms with Crippen molar-refractivity contribution < 1.29 is 0 Å². The third-order valence-electron chi connectivity index (χ3n) is 3.99. The quantitative estimate of drug-likeness (QED) is 0.774. The zero-order valence-corrected chi connectivity index (χ0v) is 11.9. The average Bonchev–Trinajstić information content (AvgIpc) is 2.84. The van der Waals surface area contributed by atoms with Crippen LogP contribution in [0.5, 0.6) is 0 Å². The summed E-state index contributed by atoms with van der Waals surface area (Å²) in [5, 5.41) is 0. The second kappa shape index (κ2) is 5.58. The fourth-order valence-corrected chi connectivity index (χ4v) is 3.03. The minimum absolute atomic E-state index is 0. The summed E-state index contributed by atoms with van der Waals surface area (Å²) < 4.78 is 0. The molecule has 0 bridgehead atoms. The van der Waals surface area contributed by atoms with E-state index in [4.69, 9.17) is 0 Å². The van der Waals surface area contributed by atoms with Crippen LogP contribution in [0, 0.1) is 0 Å². The lowest BCUT2D eigenvalue weighted by Crippen LogP contribution is -2.32. The molecule has 1 nitrogen and oxygen atoms in total. The lowest BCUT2D eigenvalue weighted by atomic mass is 9.70. The van der Waals surface area contributed by atoms with E-state index in [1.54, 1.807) is 0 Å². The summed E-state index contributed by atoms with van der Waals surface area (Å²) in [6.07, 6.45) is 1.08. The molecule has 0 spiro atoms. The summed E-state index contributed by atoms with van der Waals surface area (Å²) in [6.45, 7) is 3.09. The maximum Gasteiger partial charge on any atom is 0.0594 e. The zero-order chi connectivity index (χ0) is 12.4. The first-order chi connectivity index (χ1) is 8.84. The van der Waals surface area contributed by atoms with Crippen molar-refractivity contribution in [1.29, 1.82) is 0 Å². The fraction of sp³-hybridized carbons (Fsp3) is 0.235.